The first kappa shape index (κ1) is 54.7. The summed E-state index contributed by atoms with van der Waals surface area (Å²) in [5, 5.41) is 22.5. The number of amides is 9. The van der Waals surface area contributed by atoms with Gasteiger partial charge in [-0.25, -0.2) is 29.0 Å². The number of para-hydroxylation sites is 2. The molecule has 12 rings (SSSR count). The molecule has 6 N–H and O–H groups in total. The number of carbonyl (C=O) groups is 8. The normalized spacial score (nSPS) is 22.4. The molecular formula is C54H62N8O15. The van der Waals surface area contributed by atoms with Gasteiger partial charge in [0, 0.05) is 73.2 Å². The van der Waals surface area contributed by atoms with Gasteiger partial charge in [-0.05, 0) is 92.6 Å². The monoisotopic (exact) mass is 1060 g/mol. The summed E-state index contributed by atoms with van der Waals surface area (Å²) in [6, 6.07) is 21.2. The molecule has 4 fully saturated rings. The van der Waals surface area contributed by atoms with Crippen LogP contribution in [0.4, 0.5) is 30.6 Å². The van der Waals surface area contributed by atoms with E-state index >= 15 is 0 Å². The Bertz CT molecular complexity index is 3020. The zero-order valence-corrected chi connectivity index (χ0v) is 41.0. The zero-order chi connectivity index (χ0) is 52.6. The number of hydrogen-bond donors (Lipinski definition) is 6. The van der Waals surface area contributed by atoms with Crippen LogP contribution in [-0.4, -0.2) is 122 Å². The van der Waals surface area contributed by atoms with Gasteiger partial charge < -0.3 is 65.0 Å². The van der Waals surface area contributed by atoms with E-state index in [1.807, 2.05) is 30.3 Å². The van der Waals surface area contributed by atoms with Crippen LogP contribution < -0.4 is 45.5 Å². The van der Waals surface area contributed by atoms with Crippen molar-refractivity contribution < 1.29 is 71.9 Å². The average Bonchev–Trinajstić information content (AvgIpc) is 4.29. The third kappa shape index (κ3) is 10.2. The highest BCUT2D eigenvalue weighted by atomic mass is 16.7. The molecule has 6 aliphatic heterocycles. The Morgan fingerprint density at radius 2 is 1.18 bits per heavy atom. The number of urea groups is 2. The molecule has 6 heterocycles. The predicted octanol–water partition coefficient (Wildman–Crippen LogP) is 6.41. The predicted molar refractivity (Wildman–Crippen MR) is 275 cm³/mol. The van der Waals surface area contributed by atoms with Gasteiger partial charge in [-0.1, -0.05) is 51.3 Å². The number of nitrogens with one attached hydrogen (secondary N) is 5. The number of nitrogens with zero attached hydrogens (tertiary/aromatic N) is 3. The van der Waals surface area contributed by atoms with Crippen LogP contribution >= 0.6 is 0 Å². The van der Waals surface area contributed by atoms with E-state index in [2.05, 4.69) is 32.7 Å². The van der Waals surface area contributed by atoms with Gasteiger partial charge in [0.1, 0.15) is 13.1 Å². The molecule has 4 aromatic carbocycles. The van der Waals surface area contributed by atoms with Gasteiger partial charge in [0.25, 0.3) is 11.8 Å². The van der Waals surface area contributed by atoms with Crippen molar-refractivity contribution in [2.24, 2.45) is 0 Å². The zero-order valence-electron chi connectivity index (χ0n) is 41.0. The summed E-state index contributed by atoms with van der Waals surface area (Å²) in [5.41, 5.74) is 2.99. The van der Waals surface area contributed by atoms with E-state index < -0.39 is 54.3 Å². The summed E-state index contributed by atoms with van der Waals surface area (Å²) < 4.78 is 32.9. The second kappa shape index (κ2) is 22.3. The van der Waals surface area contributed by atoms with Crippen molar-refractivity contribution in [1.82, 2.24) is 30.7 Å². The van der Waals surface area contributed by atoms with Gasteiger partial charge in [-0.2, -0.15) is 0 Å². The van der Waals surface area contributed by atoms with Crippen molar-refractivity contribution in [3.05, 3.63) is 106 Å². The summed E-state index contributed by atoms with van der Waals surface area (Å²) in [4.78, 5) is 101. The molecule has 23 heteroatoms. The van der Waals surface area contributed by atoms with Crippen LogP contribution in [0.15, 0.2) is 72.8 Å². The highest BCUT2D eigenvalue weighted by Crippen LogP contribution is 2.49. The Hall–Kier alpha value is -8.60. The summed E-state index contributed by atoms with van der Waals surface area (Å²) in [6.45, 7) is 0.988. The standard InChI is InChI=1S/C26H26N4O7.C15H15N3O6.C11H13NO2.2CH4/c1-27-24(33)28-16-7-8-18-15(12-16)9-10-26(18)23(32)30(25(34)37-26)13-21(31)29-11-3-5-19(29)17-4-2-6-20-22(17)36-14-35-20;1-16-13(22)17-9-2-3-10-8(6-9)4-5-15(10)12(21)18(7-11(19)20)14(23)24-15;1-3-8(9-4-2-6-12-9)11-10(5-1)13-7-14-11;;/h2,4,6-8,12,19H,3,5,9-11,13-14H2,1H3,(H2,27,28,33);2-3,6H,4-5,7H2,1H3,(H,19,20)(H2,16,17,22);1,3,5,9,12H,2,4,6-7H2;2*1H4/t19?,26-;15-;;;/m11.../s1. The van der Waals surface area contributed by atoms with Crippen LogP contribution in [0.2, 0.25) is 0 Å². The Morgan fingerprint density at radius 1 is 0.662 bits per heavy atom. The topological polar surface area (TPSA) is 282 Å². The molecule has 23 nitrogen and oxygen atoms in total. The van der Waals surface area contributed by atoms with Crippen molar-refractivity contribution in [1.29, 1.82) is 0 Å². The van der Waals surface area contributed by atoms with Crippen LogP contribution in [-0.2, 0) is 52.7 Å². The van der Waals surface area contributed by atoms with Crippen LogP contribution in [0.1, 0.15) is 98.8 Å². The van der Waals surface area contributed by atoms with Gasteiger partial charge in [0.2, 0.25) is 30.7 Å². The number of fused-ring (bicyclic) bond motifs is 6. The molecule has 2 spiro atoms. The minimum absolute atomic E-state index is 0. The smallest absolute Gasteiger partial charge is 0.418 e. The van der Waals surface area contributed by atoms with Crippen LogP contribution in [0.25, 0.3) is 0 Å². The summed E-state index contributed by atoms with van der Waals surface area (Å²) in [7, 11) is 3.01. The van der Waals surface area contributed by atoms with E-state index in [-0.39, 0.29) is 58.5 Å². The second-order valence-electron chi connectivity index (χ2n) is 18.8. The van der Waals surface area contributed by atoms with E-state index in [0.717, 1.165) is 52.5 Å². The van der Waals surface area contributed by atoms with Crippen LogP contribution in [0.5, 0.6) is 23.0 Å². The molecule has 0 bridgehead atoms. The molecule has 0 radical (unpaired) electrons. The third-order valence-corrected chi connectivity index (χ3v) is 14.5. The van der Waals surface area contributed by atoms with E-state index in [4.69, 9.17) is 33.5 Å². The maximum Gasteiger partial charge on any atom is 0.418 e. The lowest BCUT2D eigenvalue weighted by Gasteiger charge is -2.27. The van der Waals surface area contributed by atoms with E-state index in [9.17, 15) is 38.4 Å². The lowest BCUT2D eigenvalue weighted by molar-refractivity contribution is -0.144. The number of ether oxygens (including phenoxy) is 6. The van der Waals surface area contributed by atoms with Crippen molar-refractivity contribution in [2.75, 3.05) is 64.5 Å². The Balaban J connectivity index is 0.000000167. The molecule has 408 valence electrons. The van der Waals surface area contributed by atoms with Crippen LogP contribution in [0.3, 0.4) is 0 Å². The number of aryl methyl sites for hydroxylation is 2. The number of rotatable bonds is 8. The number of imide groups is 2. The first-order valence-corrected chi connectivity index (χ1v) is 24.6. The summed E-state index contributed by atoms with van der Waals surface area (Å²) >= 11 is 0. The van der Waals surface area contributed by atoms with Crippen molar-refractivity contribution in [3.8, 4) is 23.0 Å². The minimum Gasteiger partial charge on any atom is -0.480 e. The van der Waals surface area contributed by atoms with Gasteiger partial charge in [0.15, 0.2) is 23.0 Å². The molecule has 4 saturated heterocycles. The number of carbonyl (C=O) groups excluding carboxylic acids is 7. The number of carboxylic acids is 1. The Morgan fingerprint density at radius 3 is 1.69 bits per heavy atom. The summed E-state index contributed by atoms with van der Waals surface area (Å²) in [6.07, 6.45) is 3.68. The maximum absolute atomic E-state index is 13.6. The number of aliphatic carboxylic acids is 1. The van der Waals surface area contributed by atoms with Gasteiger partial charge >= 0.3 is 30.2 Å². The summed E-state index contributed by atoms with van der Waals surface area (Å²) in [5.74, 6) is 0.278. The third-order valence-electron chi connectivity index (χ3n) is 14.5. The SMILES string of the molecule is C.C.CNC(=O)Nc1ccc2c(c1)CC[C@@]21OC(=O)N(CC(=O)N2CCCC2c2cccc3c2OCO3)C1=O.CNC(=O)Nc1ccc2c(c1)CC[C@@]21OC(=O)N(CC(=O)O)C1=O.c1cc2c(c(C3CCCN3)c1)OCO2. The van der Waals surface area contributed by atoms with Gasteiger partial charge in [-0.3, -0.25) is 19.2 Å². The molecule has 77 heavy (non-hydrogen) atoms. The number of likely N-dealkylation sites (tertiary alicyclic amines) is 1. The first-order valence-electron chi connectivity index (χ1n) is 24.6. The molecule has 4 aromatic rings. The highest BCUT2D eigenvalue weighted by Gasteiger charge is 2.60. The van der Waals surface area contributed by atoms with Crippen molar-refractivity contribution in [2.45, 2.75) is 89.5 Å². The molecule has 0 aromatic heterocycles. The fraction of sp³-hybridized carbons (Fsp3) is 0.407. The van der Waals surface area contributed by atoms with Crippen molar-refractivity contribution >= 4 is 59.3 Å². The number of carboxylic acid groups (broad SMARTS) is 1. The lowest BCUT2D eigenvalue weighted by atomic mass is 9.94. The average molecular weight is 1060 g/mol. The largest absolute Gasteiger partial charge is 0.480 e. The van der Waals surface area contributed by atoms with E-state index in [1.54, 1.807) is 41.3 Å². The number of benzene rings is 4. The van der Waals surface area contributed by atoms with Gasteiger partial charge in [-0.15, -0.1) is 0 Å². The van der Waals surface area contributed by atoms with E-state index in [1.165, 1.54) is 32.5 Å². The fourth-order valence-electron chi connectivity index (χ4n) is 11.0. The second-order valence-corrected chi connectivity index (χ2v) is 18.8. The van der Waals surface area contributed by atoms with Gasteiger partial charge in [0.05, 0.1) is 6.04 Å². The van der Waals surface area contributed by atoms with E-state index in [0.29, 0.717) is 71.1 Å². The fourth-order valence-corrected chi connectivity index (χ4v) is 11.0. The Kier molecular flexibility index (Phi) is 15.8. The minimum atomic E-state index is -1.46. The lowest BCUT2D eigenvalue weighted by Crippen LogP contribution is -2.44. The molecule has 2 aliphatic carbocycles. The first-order chi connectivity index (χ1) is 36.2. The molecule has 8 aliphatic rings. The molecule has 9 amide bonds. The highest BCUT2D eigenvalue weighted by molar-refractivity contribution is 6.07. The number of anilines is 2. The van der Waals surface area contributed by atoms with Crippen LogP contribution in [0, 0.1) is 0 Å². The Labute approximate surface area is 443 Å². The maximum atomic E-state index is 13.6. The molecular weight excluding hydrogens is 1000 g/mol. The molecule has 0 saturated carbocycles. The quantitative estimate of drug-likeness (QED) is 0.111. The molecule has 2 unspecified atom stereocenters. The number of hydrogen-bond acceptors (Lipinski definition) is 15. The van der Waals surface area contributed by atoms with Crippen molar-refractivity contribution in [3.63, 3.8) is 0 Å². The molecule has 4 atom stereocenters.